The molecular weight excluding hydrogens is 354 g/mol. The van der Waals surface area contributed by atoms with Gasteiger partial charge in [0.25, 0.3) is 5.91 Å². The highest BCUT2D eigenvalue weighted by Crippen LogP contribution is 2.38. The average molecular weight is 386 g/mol. The summed E-state index contributed by atoms with van der Waals surface area (Å²) in [6.07, 6.45) is 6.59. The van der Waals surface area contributed by atoms with Gasteiger partial charge in [-0.2, -0.15) is 0 Å². The fourth-order valence-electron chi connectivity index (χ4n) is 4.36. The molecule has 1 aliphatic carbocycles. The van der Waals surface area contributed by atoms with E-state index >= 15 is 0 Å². The molecule has 1 aromatic carbocycles. The minimum Gasteiger partial charge on any atom is -0.355 e. The second-order valence-electron chi connectivity index (χ2n) is 8.60. The van der Waals surface area contributed by atoms with E-state index in [2.05, 4.69) is 34.9 Å². The highest BCUT2D eigenvalue weighted by molar-refractivity contribution is 6.06. The number of hydrogen-bond donors (Lipinski definition) is 2. The Morgan fingerprint density at radius 1 is 1.11 bits per heavy atom. The summed E-state index contributed by atoms with van der Waals surface area (Å²) in [5.41, 5.74) is 0.461. The van der Waals surface area contributed by atoms with Gasteiger partial charge in [0.2, 0.25) is 5.91 Å². The Balaban J connectivity index is 1.50. The predicted octanol–water partition coefficient (Wildman–Crippen LogP) is 3.12. The largest absolute Gasteiger partial charge is 0.355 e. The standard InChI is InChI=1S/C22H31N3O3/c1-21(2)19(27)25(20(28)24-21)15-9-12-18(26)23-16-22(13-7-4-8-14-22)17-10-5-3-6-11-17/h3,5-6,10-11H,4,7-9,12-16H2,1-2H3,(H,23,26)(H,24,28). The van der Waals surface area contributed by atoms with Gasteiger partial charge in [0.1, 0.15) is 5.54 Å². The molecule has 2 fully saturated rings. The molecule has 2 N–H and O–H groups in total. The maximum atomic E-state index is 12.4. The van der Waals surface area contributed by atoms with Crippen LogP contribution in [0.4, 0.5) is 4.79 Å². The lowest BCUT2D eigenvalue weighted by molar-refractivity contribution is -0.130. The molecule has 0 atom stereocenters. The van der Waals surface area contributed by atoms with Crippen molar-refractivity contribution in [2.45, 2.75) is 69.7 Å². The van der Waals surface area contributed by atoms with Crippen LogP contribution in [0.15, 0.2) is 30.3 Å². The minimum absolute atomic E-state index is 0.0179. The topological polar surface area (TPSA) is 78.5 Å². The molecule has 1 heterocycles. The van der Waals surface area contributed by atoms with E-state index in [1.165, 1.54) is 29.7 Å². The molecule has 1 saturated carbocycles. The summed E-state index contributed by atoms with van der Waals surface area (Å²) >= 11 is 0. The molecule has 6 nitrogen and oxygen atoms in total. The van der Waals surface area contributed by atoms with Crippen LogP contribution in [0.2, 0.25) is 0 Å². The number of benzene rings is 1. The molecule has 0 spiro atoms. The van der Waals surface area contributed by atoms with E-state index in [0.29, 0.717) is 19.4 Å². The monoisotopic (exact) mass is 385 g/mol. The maximum Gasteiger partial charge on any atom is 0.325 e. The second-order valence-corrected chi connectivity index (χ2v) is 8.60. The van der Waals surface area contributed by atoms with Crippen LogP contribution in [0.3, 0.4) is 0 Å². The fourth-order valence-corrected chi connectivity index (χ4v) is 4.36. The van der Waals surface area contributed by atoms with Gasteiger partial charge in [-0.1, -0.05) is 49.6 Å². The van der Waals surface area contributed by atoms with E-state index in [0.717, 1.165) is 12.8 Å². The number of nitrogens with one attached hydrogen (secondary N) is 2. The molecule has 28 heavy (non-hydrogen) atoms. The number of carbonyl (C=O) groups is 3. The maximum absolute atomic E-state index is 12.4. The molecular formula is C22H31N3O3. The van der Waals surface area contributed by atoms with Gasteiger partial charge < -0.3 is 10.6 Å². The van der Waals surface area contributed by atoms with Crippen LogP contribution < -0.4 is 10.6 Å². The number of carbonyl (C=O) groups excluding carboxylic acids is 3. The first-order chi connectivity index (χ1) is 13.3. The lowest BCUT2D eigenvalue weighted by Gasteiger charge is -2.38. The van der Waals surface area contributed by atoms with Gasteiger partial charge >= 0.3 is 6.03 Å². The lowest BCUT2D eigenvalue weighted by atomic mass is 9.69. The molecule has 152 valence electrons. The van der Waals surface area contributed by atoms with Crippen LogP contribution >= 0.6 is 0 Å². The molecule has 3 rings (SSSR count). The first kappa shape index (κ1) is 20.4. The molecule has 2 aliphatic rings. The first-order valence-electron chi connectivity index (χ1n) is 10.3. The fraction of sp³-hybridized carbons (Fsp3) is 0.591. The van der Waals surface area contributed by atoms with Crippen molar-refractivity contribution in [1.29, 1.82) is 0 Å². The summed E-state index contributed by atoms with van der Waals surface area (Å²) in [7, 11) is 0. The second kappa shape index (κ2) is 8.33. The van der Waals surface area contributed by atoms with Crippen LogP contribution in [0.25, 0.3) is 0 Å². The Kier molecular flexibility index (Phi) is 6.06. The minimum atomic E-state index is -0.859. The molecule has 1 aliphatic heterocycles. The number of hydrogen-bond acceptors (Lipinski definition) is 3. The van der Waals surface area contributed by atoms with Crippen molar-refractivity contribution in [3.63, 3.8) is 0 Å². The summed E-state index contributed by atoms with van der Waals surface area (Å²) in [4.78, 5) is 37.7. The number of rotatable bonds is 7. The SMILES string of the molecule is CC1(C)NC(=O)N(CCCC(=O)NCC2(c3ccccc3)CCCCC2)C1=O. The van der Waals surface area contributed by atoms with E-state index in [1.807, 2.05) is 6.07 Å². The molecule has 1 saturated heterocycles. The quantitative estimate of drug-likeness (QED) is 0.708. The first-order valence-corrected chi connectivity index (χ1v) is 10.3. The smallest absolute Gasteiger partial charge is 0.325 e. The highest BCUT2D eigenvalue weighted by atomic mass is 16.2. The molecule has 0 radical (unpaired) electrons. The van der Waals surface area contributed by atoms with Gasteiger partial charge in [0, 0.05) is 24.9 Å². The van der Waals surface area contributed by atoms with Crippen LogP contribution in [-0.4, -0.2) is 41.4 Å². The Morgan fingerprint density at radius 3 is 2.39 bits per heavy atom. The van der Waals surface area contributed by atoms with Gasteiger partial charge in [0.15, 0.2) is 0 Å². The van der Waals surface area contributed by atoms with Crippen molar-refractivity contribution in [2.75, 3.05) is 13.1 Å². The van der Waals surface area contributed by atoms with E-state index < -0.39 is 5.54 Å². The van der Waals surface area contributed by atoms with Crippen molar-refractivity contribution in [2.24, 2.45) is 0 Å². The summed E-state index contributed by atoms with van der Waals surface area (Å²) in [5.74, 6) is -0.254. The van der Waals surface area contributed by atoms with Crippen LogP contribution in [-0.2, 0) is 15.0 Å². The number of nitrogens with zero attached hydrogens (tertiary/aromatic N) is 1. The highest BCUT2D eigenvalue weighted by Gasteiger charge is 2.43. The van der Waals surface area contributed by atoms with Gasteiger partial charge in [-0.25, -0.2) is 4.79 Å². The summed E-state index contributed by atoms with van der Waals surface area (Å²) in [5, 5.41) is 5.77. The van der Waals surface area contributed by atoms with Gasteiger partial charge in [-0.15, -0.1) is 0 Å². The Hall–Kier alpha value is -2.37. The predicted molar refractivity (Wildman–Crippen MR) is 108 cm³/mol. The van der Waals surface area contributed by atoms with Crippen LogP contribution in [0, 0.1) is 0 Å². The van der Waals surface area contributed by atoms with E-state index in [-0.39, 0.29) is 29.8 Å². The molecule has 0 aromatic heterocycles. The van der Waals surface area contributed by atoms with Crippen molar-refractivity contribution in [1.82, 2.24) is 15.5 Å². The van der Waals surface area contributed by atoms with Crippen molar-refractivity contribution in [3.05, 3.63) is 35.9 Å². The molecule has 4 amide bonds. The summed E-state index contributed by atoms with van der Waals surface area (Å²) in [6, 6.07) is 10.1. The lowest BCUT2D eigenvalue weighted by Crippen LogP contribution is -2.42. The van der Waals surface area contributed by atoms with Crippen molar-refractivity contribution >= 4 is 17.8 Å². The van der Waals surface area contributed by atoms with Crippen molar-refractivity contribution < 1.29 is 14.4 Å². The van der Waals surface area contributed by atoms with Crippen LogP contribution in [0.5, 0.6) is 0 Å². The molecule has 0 bridgehead atoms. The Bertz CT molecular complexity index is 724. The number of imide groups is 1. The van der Waals surface area contributed by atoms with E-state index in [1.54, 1.807) is 13.8 Å². The van der Waals surface area contributed by atoms with Gasteiger partial charge in [-0.05, 0) is 38.7 Å². The molecule has 6 heteroatoms. The van der Waals surface area contributed by atoms with Crippen molar-refractivity contribution in [3.8, 4) is 0 Å². The van der Waals surface area contributed by atoms with E-state index in [9.17, 15) is 14.4 Å². The van der Waals surface area contributed by atoms with Crippen LogP contribution in [0.1, 0.15) is 64.4 Å². The summed E-state index contributed by atoms with van der Waals surface area (Å²) < 4.78 is 0. The Morgan fingerprint density at radius 2 is 1.79 bits per heavy atom. The molecule has 1 aromatic rings. The number of urea groups is 1. The van der Waals surface area contributed by atoms with Gasteiger partial charge in [0.05, 0.1) is 0 Å². The zero-order valence-electron chi connectivity index (χ0n) is 16.9. The third-order valence-corrected chi connectivity index (χ3v) is 6.05. The third-order valence-electron chi connectivity index (χ3n) is 6.05. The number of amides is 4. The average Bonchev–Trinajstić information content (AvgIpc) is 2.89. The summed E-state index contributed by atoms with van der Waals surface area (Å²) in [6.45, 7) is 4.29. The zero-order chi connectivity index (χ0) is 20.2. The normalized spacial score (nSPS) is 20.7. The van der Waals surface area contributed by atoms with Gasteiger partial charge in [-0.3, -0.25) is 14.5 Å². The molecule has 0 unspecified atom stereocenters. The zero-order valence-corrected chi connectivity index (χ0v) is 16.9. The van der Waals surface area contributed by atoms with E-state index in [4.69, 9.17) is 0 Å². The third kappa shape index (κ3) is 4.37. The Labute approximate surface area is 167 Å².